The Bertz CT molecular complexity index is 608. The average Bonchev–Trinajstić information content (AvgIpc) is 2.32. The van der Waals surface area contributed by atoms with E-state index in [-0.39, 0.29) is 16.9 Å². The summed E-state index contributed by atoms with van der Waals surface area (Å²) in [6, 6.07) is 5.87. The molecule has 1 aromatic carbocycles. The van der Waals surface area contributed by atoms with Crippen molar-refractivity contribution in [3.8, 4) is 0 Å². The van der Waals surface area contributed by atoms with E-state index in [0.29, 0.717) is 10.0 Å². The zero-order chi connectivity index (χ0) is 13.3. The molecule has 0 aliphatic carbocycles. The van der Waals surface area contributed by atoms with Gasteiger partial charge < -0.3 is 5.73 Å². The summed E-state index contributed by atoms with van der Waals surface area (Å²) in [6.45, 7) is 1.74. The summed E-state index contributed by atoms with van der Waals surface area (Å²) >= 11 is 3.21. The lowest BCUT2D eigenvalue weighted by Gasteiger charge is -2.08. The molecule has 18 heavy (non-hydrogen) atoms. The molecule has 92 valence electrons. The third-order valence-electron chi connectivity index (χ3n) is 2.59. The molecule has 0 fully saturated rings. The Balaban J connectivity index is 2.58. The van der Waals surface area contributed by atoms with Crippen molar-refractivity contribution in [2.24, 2.45) is 0 Å². The molecule has 0 saturated carbocycles. The number of nitrogens with two attached hydrogens (primary N) is 1. The number of hydrogen-bond donors (Lipinski definition) is 1. The van der Waals surface area contributed by atoms with Gasteiger partial charge in [0, 0.05) is 10.7 Å². The monoisotopic (exact) mass is 308 g/mol. The van der Waals surface area contributed by atoms with Crippen LogP contribution in [0.3, 0.4) is 0 Å². The van der Waals surface area contributed by atoms with Crippen LogP contribution < -0.4 is 5.73 Å². The van der Waals surface area contributed by atoms with Gasteiger partial charge in [0.05, 0.1) is 11.1 Å². The van der Waals surface area contributed by atoms with Crippen molar-refractivity contribution in [2.75, 3.05) is 5.73 Å². The molecule has 0 atom stereocenters. The van der Waals surface area contributed by atoms with Gasteiger partial charge in [-0.05, 0) is 36.8 Å². The minimum Gasteiger partial charge on any atom is -0.383 e. The number of nitrogen functional groups attached to an aromatic ring is 1. The van der Waals surface area contributed by atoms with E-state index in [9.17, 15) is 9.18 Å². The summed E-state index contributed by atoms with van der Waals surface area (Å²) in [5.74, 6) is -0.929. The van der Waals surface area contributed by atoms with Crippen LogP contribution in [-0.2, 0) is 0 Å². The van der Waals surface area contributed by atoms with Crippen LogP contribution in [0.25, 0.3) is 0 Å². The highest BCUT2D eigenvalue weighted by molar-refractivity contribution is 9.10. The fraction of sp³-hybridized carbons (Fsp3) is 0.0769. The Morgan fingerprint density at radius 3 is 2.78 bits per heavy atom. The Morgan fingerprint density at radius 2 is 2.11 bits per heavy atom. The molecule has 1 aromatic heterocycles. The highest BCUT2D eigenvalue weighted by Crippen LogP contribution is 2.22. The first kappa shape index (κ1) is 12.7. The minimum atomic E-state index is -0.578. The van der Waals surface area contributed by atoms with E-state index in [1.54, 1.807) is 13.0 Å². The Labute approximate surface area is 112 Å². The number of hydrogen-bond acceptors (Lipinski definition) is 3. The van der Waals surface area contributed by atoms with Gasteiger partial charge in [0.2, 0.25) is 0 Å². The first-order valence-electron chi connectivity index (χ1n) is 5.21. The van der Waals surface area contributed by atoms with Crippen LogP contribution >= 0.6 is 15.9 Å². The van der Waals surface area contributed by atoms with E-state index < -0.39 is 11.6 Å². The molecular weight excluding hydrogens is 299 g/mol. The summed E-state index contributed by atoms with van der Waals surface area (Å²) in [6.07, 6.45) is 1.51. The van der Waals surface area contributed by atoms with Crippen LogP contribution in [0.15, 0.2) is 34.9 Å². The minimum absolute atomic E-state index is 0.0211. The van der Waals surface area contributed by atoms with Gasteiger partial charge in [0.25, 0.3) is 0 Å². The lowest BCUT2D eigenvalue weighted by molar-refractivity contribution is 0.103. The van der Waals surface area contributed by atoms with Gasteiger partial charge in [-0.15, -0.1) is 0 Å². The molecule has 0 spiro atoms. The van der Waals surface area contributed by atoms with Crippen molar-refractivity contribution in [1.82, 2.24) is 4.98 Å². The lowest BCUT2D eigenvalue weighted by atomic mass is 10.00. The number of pyridine rings is 1. The van der Waals surface area contributed by atoms with E-state index in [1.165, 1.54) is 24.4 Å². The van der Waals surface area contributed by atoms with E-state index in [0.717, 1.165) is 0 Å². The summed E-state index contributed by atoms with van der Waals surface area (Å²) < 4.78 is 14.3. The third kappa shape index (κ3) is 2.26. The number of carbonyl (C=O) groups is 1. The molecule has 2 rings (SSSR count). The van der Waals surface area contributed by atoms with Crippen LogP contribution in [0, 0.1) is 12.7 Å². The lowest BCUT2D eigenvalue weighted by Crippen LogP contribution is -2.10. The molecule has 2 N–H and O–H groups in total. The molecule has 3 nitrogen and oxygen atoms in total. The SMILES string of the molecule is Cc1ccnc(N)c1C(=O)c1cc(Br)ccc1F. The number of anilines is 1. The van der Waals surface area contributed by atoms with Crippen LogP contribution in [0.4, 0.5) is 10.2 Å². The Morgan fingerprint density at radius 1 is 1.39 bits per heavy atom. The van der Waals surface area contributed by atoms with E-state index in [4.69, 9.17) is 5.73 Å². The van der Waals surface area contributed by atoms with Gasteiger partial charge in [0.15, 0.2) is 5.78 Å². The summed E-state index contributed by atoms with van der Waals surface area (Å²) in [4.78, 5) is 16.1. The molecular formula is C13H10BrFN2O. The first-order chi connectivity index (χ1) is 8.50. The zero-order valence-electron chi connectivity index (χ0n) is 9.58. The molecule has 0 bridgehead atoms. The molecule has 1 heterocycles. The maximum Gasteiger partial charge on any atom is 0.199 e. The van der Waals surface area contributed by atoms with Gasteiger partial charge in [-0.2, -0.15) is 0 Å². The molecule has 2 aromatic rings. The predicted molar refractivity (Wildman–Crippen MR) is 70.9 cm³/mol. The van der Waals surface area contributed by atoms with E-state index >= 15 is 0 Å². The highest BCUT2D eigenvalue weighted by Gasteiger charge is 2.19. The van der Waals surface area contributed by atoms with Crippen LogP contribution in [-0.4, -0.2) is 10.8 Å². The maximum absolute atomic E-state index is 13.7. The number of aromatic nitrogens is 1. The molecule has 0 aliphatic heterocycles. The maximum atomic E-state index is 13.7. The molecule has 0 unspecified atom stereocenters. The van der Waals surface area contributed by atoms with Crippen LogP contribution in [0.2, 0.25) is 0 Å². The van der Waals surface area contributed by atoms with Crippen molar-refractivity contribution < 1.29 is 9.18 Å². The molecule has 0 radical (unpaired) electrons. The normalized spacial score (nSPS) is 10.4. The standard InChI is InChI=1S/C13H10BrFN2O/c1-7-4-5-17-13(16)11(7)12(18)9-6-8(14)2-3-10(9)15/h2-6H,1H3,(H2,16,17). The fourth-order valence-electron chi connectivity index (χ4n) is 1.68. The number of benzene rings is 1. The molecule has 0 amide bonds. The second kappa shape index (κ2) is 4.86. The number of carbonyl (C=O) groups excluding carboxylic acids is 1. The van der Waals surface area contributed by atoms with E-state index in [2.05, 4.69) is 20.9 Å². The topological polar surface area (TPSA) is 56.0 Å². The highest BCUT2D eigenvalue weighted by atomic mass is 79.9. The second-order valence-corrected chi connectivity index (χ2v) is 4.76. The Kier molecular flexibility index (Phi) is 3.43. The number of aryl methyl sites for hydroxylation is 1. The average molecular weight is 309 g/mol. The smallest absolute Gasteiger partial charge is 0.199 e. The molecule has 0 saturated heterocycles. The summed E-state index contributed by atoms with van der Waals surface area (Å²) in [5, 5.41) is 0. The number of halogens is 2. The van der Waals surface area contributed by atoms with Crippen molar-refractivity contribution in [1.29, 1.82) is 0 Å². The van der Waals surface area contributed by atoms with Crippen molar-refractivity contribution in [3.63, 3.8) is 0 Å². The second-order valence-electron chi connectivity index (χ2n) is 3.84. The third-order valence-corrected chi connectivity index (χ3v) is 3.08. The number of rotatable bonds is 2. The Hall–Kier alpha value is -1.75. The summed E-state index contributed by atoms with van der Waals surface area (Å²) in [5.41, 5.74) is 6.58. The summed E-state index contributed by atoms with van der Waals surface area (Å²) in [7, 11) is 0. The molecule has 5 heteroatoms. The number of ketones is 1. The van der Waals surface area contributed by atoms with Crippen molar-refractivity contribution in [3.05, 3.63) is 57.4 Å². The first-order valence-corrected chi connectivity index (χ1v) is 6.01. The number of nitrogens with zero attached hydrogens (tertiary/aromatic N) is 1. The van der Waals surface area contributed by atoms with Gasteiger partial charge in [-0.1, -0.05) is 15.9 Å². The zero-order valence-corrected chi connectivity index (χ0v) is 11.2. The van der Waals surface area contributed by atoms with Gasteiger partial charge in [0.1, 0.15) is 11.6 Å². The van der Waals surface area contributed by atoms with Crippen LogP contribution in [0.5, 0.6) is 0 Å². The predicted octanol–water partition coefficient (Wildman–Crippen LogP) is 3.10. The van der Waals surface area contributed by atoms with Gasteiger partial charge in [-0.3, -0.25) is 4.79 Å². The van der Waals surface area contributed by atoms with Gasteiger partial charge >= 0.3 is 0 Å². The quantitative estimate of drug-likeness (QED) is 0.867. The van der Waals surface area contributed by atoms with Gasteiger partial charge in [-0.25, -0.2) is 9.37 Å². The van der Waals surface area contributed by atoms with Crippen LogP contribution in [0.1, 0.15) is 21.5 Å². The fourth-order valence-corrected chi connectivity index (χ4v) is 2.04. The van der Waals surface area contributed by atoms with Crippen molar-refractivity contribution >= 4 is 27.5 Å². The van der Waals surface area contributed by atoms with E-state index in [1.807, 2.05) is 0 Å². The largest absolute Gasteiger partial charge is 0.383 e. The molecule has 0 aliphatic rings. The van der Waals surface area contributed by atoms with Crippen molar-refractivity contribution in [2.45, 2.75) is 6.92 Å².